The van der Waals surface area contributed by atoms with Crippen molar-refractivity contribution in [1.82, 2.24) is 5.09 Å². The molecule has 0 aliphatic heterocycles. The summed E-state index contributed by atoms with van der Waals surface area (Å²) in [5.41, 5.74) is -0.0245. The molecule has 0 aromatic carbocycles. The second-order valence-corrected chi connectivity index (χ2v) is 9.38. The van der Waals surface area contributed by atoms with Crippen molar-refractivity contribution in [2.45, 2.75) is 91.5 Å². The van der Waals surface area contributed by atoms with Gasteiger partial charge in [-0.15, -0.1) is 0 Å². The molecule has 0 atom stereocenters. The van der Waals surface area contributed by atoms with Gasteiger partial charge >= 0.3 is 0 Å². The summed E-state index contributed by atoms with van der Waals surface area (Å²) in [4.78, 5) is 0. The van der Waals surface area contributed by atoms with Crippen molar-refractivity contribution >= 4 is 18.4 Å². The van der Waals surface area contributed by atoms with Gasteiger partial charge < -0.3 is 9.05 Å². The van der Waals surface area contributed by atoms with Crippen LogP contribution in [0.4, 0.5) is 0 Å². The first kappa shape index (κ1) is 21.5. The second-order valence-electron chi connectivity index (χ2n) is 6.20. The molecule has 0 aliphatic carbocycles. The Morgan fingerprint density at radius 3 is 1.81 bits per heavy atom. The molecule has 0 unspecified atom stereocenters. The van der Waals surface area contributed by atoms with E-state index in [-0.39, 0.29) is 5.54 Å². The monoisotopic (exact) mass is 337 g/mol. The molecule has 0 rings (SSSR count). The minimum Gasteiger partial charge on any atom is -0.318 e. The fraction of sp³-hybridized carbons (Fsp3) is 1.00. The van der Waals surface area contributed by atoms with Crippen LogP contribution in [-0.4, -0.2) is 18.8 Å². The molecule has 0 heterocycles. The average Bonchev–Trinajstić information content (AvgIpc) is 2.37. The summed E-state index contributed by atoms with van der Waals surface area (Å²) >= 11 is 5.55. The van der Waals surface area contributed by atoms with Crippen LogP contribution in [0.5, 0.6) is 0 Å². The molecule has 0 aliphatic rings. The third-order valence-electron chi connectivity index (χ3n) is 3.44. The van der Waals surface area contributed by atoms with Gasteiger partial charge in [0.25, 0.3) is 6.64 Å². The molecule has 0 fully saturated rings. The van der Waals surface area contributed by atoms with Gasteiger partial charge in [0.2, 0.25) is 0 Å². The Morgan fingerprint density at radius 1 is 0.857 bits per heavy atom. The standard InChI is InChI=1S/C16H36NO2PS/c1-6-9-10-11-12-13-14-15-16(4,5)17-20(21,18-7-2)19-8-3/h6-15H2,1-5H3,(H,17,21). The Balaban J connectivity index is 4.02. The summed E-state index contributed by atoms with van der Waals surface area (Å²) in [6, 6.07) is 0. The van der Waals surface area contributed by atoms with Crippen molar-refractivity contribution in [3.8, 4) is 0 Å². The maximum absolute atomic E-state index is 5.67. The van der Waals surface area contributed by atoms with Crippen LogP contribution in [0, 0.1) is 0 Å². The molecule has 0 aromatic rings. The van der Waals surface area contributed by atoms with Gasteiger partial charge in [-0.2, -0.15) is 0 Å². The highest BCUT2D eigenvalue weighted by molar-refractivity contribution is 8.09. The van der Waals surface area contributed by atoms with Crippen molar-refractivity contribution in [1.29, 1.82) is 0 Å². The predicted octanol–water partition coefficient (Wildman–Crippen LogP) is 5.79. The summed E-state index contributed by atoms with van der Waals surface area (Å²) in [7, 11) is 0. The number of rotatable bonds is 14. The number of hydrogen-bond acceptors (Lipinski definition) is 3. The summed E-state index contributed by atoms with van der Waals surface area (Å²) in [5.74, 6) is 0. The maximum Gasteiger partial charge on any atom is 0.261 e. The van der Waals surface area contributed by atoms with Crippen molar-refractivity contribution in [3.05, 3.63) is 0 Å². The van der Waals surface area contributed by atoms with E-state index in [1.54, 1.807) is 0 Å². The van der Waals surface area contributed by atoms with E-state index in [0.717, 1.165) is 6.42 Å². The molecular formula is C16H36NO2PS. The molecule has 0 radical (unpaired) electrons. The fourth-order valence-electron chi connectivity index (χ4n) is 2.39. The van der Waals surface area contributed by atoms with Gasteiger partial charge in [-0.05, 0) is 45.9 Å². The van der Waals surface area contributed by atoms with Gasteiger partial charge in [0.15, 0.2) is 0 Å². The first-order valence-electron chi connectivity index (χ1n) is 8.57. The van der Waals surface area contributed by atoms with Crippen LogP contribution in [0.15, 0.2) is 0 Å². The molecule has 0 bridgehead atoms. The smallest absolute Gasteiger partial charge is 0.261 e. The molecule has 0 aromatic heterocycles. The molecule has 5 heteroatoms. The normalized spacial score (nSPS) is 12.8. The number of nitrogens with one attached hydrogen (secondary N) is 1. The van der Waals surface area contributed by atoms with E-state index in [1.807, 2.05) is 13.8 Å². The average molecular weight is 338 g/mol. The van der Waals surface area contributed by atoms with Crippen LogP contribution in [0.1, 0.15) is 86.0 Å². The van der Waals surface area contributed by atoms with Crippen LogP contribution in [-0.2, 0) is 20.9 Å². The number of hydrogen-bond donors (Lipinski definition) is 1. The Kier molecular flexibility index (Phi) is 12.3. The van der Waals surface area contributed by atoms with Crippen LogP contribution in [0.3, 0.4) is 0 Å². The zero-order valence-electron chi connectivity index (χ0n) is 14.7. The maximum atomic E-state index is 5.67. The molecule has 1 N–H and O–H groups in total. The fourth-order valence-corrected chi connectivity index (χ4v) is 5.50. The van der Waals surface area contributed by atoms with Gasteiger partial charge in [0.1, 0.15) is 0 Å². The summed E-state index contributed by atoms with van der Waals surface area (Å²) in [6.45, 7) is 9.44. The van der Waals surface area contributed by atoms with E-state index in [4.69, 9.17) is 20.9 Å². The van der Waals surface area contributed by atoms with Gasteiger partial charge in [-0.3, -0.25) is 0 Å². The zero-order chi connectivity index (χ0) is 16.2. The lowest BCUT2D eigenvalue weighted by Crippen LogP contribution is -2.37. The third-order valence-corrected chi connectivity index (χ3v) is 6.42. The Bertz CT molecular complexity index is 288. The van der Waals surface area contributed by atoms with Crippen LogP contribution >= 0.6 is 6.64 Å². The Labute approximate surface area is 137 Å². The molecule has 21 heavy (non-hydrogen) atoms. The van der Waals surface area contributed by atoms with E-state index in [1.165, 1.54) is 44.9 Å². The van der Waals surface area contributed by atoms with E-state index in [9.17, 15) is 0 Å². The second kappa shape index (κ2) is 12.0. The van der Waals surface area contributed by atoms with Crippen LogP contribution in [0.25, 0.3) is 0 Å². The first-order valence-corrected chi connectivity index (χ1v) is 11.2. The highest BCUT2D eigenvalue weighted by Gasteiger charge is 2.27. The van der Waals surface area contributed by atoms with E-state index in [2.05, 4.69) is 25.9 Å². The van der Waals surface area contributed by atoms with Gasteiger partial charge in [0.05, 0.1) is 13.2 Å². The van der Waals surface area contributed by atoms with E-state index in [0.29, 0.717) is 13.2 Å². The van der Waals surface area contributed by atoms with Gasteiger partial charge in [-0.25, -0.2) is 5.09 Å². The largest absolute Gasteiger partial charge is 0.318 e. The van der Waals surface area contributed by atoms with Crippen LogP contribution in [0.2, 0.25) is 0 Å². The first-order chi connectivity index (χ1) is 9.89. The minimum atomic E-state index is -2.33. The highest BCUT2D eigenvalue weighted by Crippen LogP contribution is 2.46. The molecule has 3 nitrogen and oxygen atoms in total. The van der Waals surface area contributed by atoms with Gasteiger partial charge in [0, 0.05) is 5.54 Å². The van der Waals surface area contributed by atoms with E-state index < -0.39 is 6.64 Å². The molecule has 0 saturated carbocycles. The summed E-state index contributed by atoms with van der Waals surface area (Å²) in [6.07, 6.45) is 10.4. The number of unbranched alkanes of at least 4 members (excludes halogenated alkanes) is 6. The lowest BCUT2D eigenvalue weighted by molar-refractivity contribution is 0.242. The van der Waals surface area contributed by atoms with E-state index >= 15 is 0 Å². The third kappa shape index (κ3) is 11.7. The minimum absolute atomic E-state index is 0.0245. The van der Waals surface area contributed by atoms with Crippen LogP contribution < -0.4 is 5.09 Å². The Hall–Kier alpha value is 0.530. The lowest BCUT2D eigenvalue weighted by atomic mass is 9.97. The summed E-state index contributed by atoms with van der Waals surface area (Å²) in [5, 5.41) is 3.46. The van der Waals surface area contributed by atoms with Crippen molar-refractivity contribution in [3.63, 3.8) is 0 Å². The van der Waals surface area contributed by atoms with Crippen molar-refractivity contribution < 1.29 is 9.05 Å². The lowest BCUT2D eigenvalue weighted by Gasteiger charge is -2.33. The highest BCUT2D eigenvalue weighted by atomic mass is 32.5. The van der Waals surface area contributed by atoms with Gasteiger partial charge in [-0.1, -0.05) is 51.9 Å². The molecule has 0 amide bonds. The van der Waals surface area contributed by atoms with Crippen molar-refractivity contribution in [2.75, 3.05) is 13.2 Å². The molecular weight excluding hydrogens is 301 g/mol. The molecule has 0 saturated heterocycles. The Morgan fingerprint density at radius 2 is 1.33 bits per heavy atom. The summed E-state index contributed by atoms with van der Waals surface area (Å²) < 4.78 is 11.3. The van der Waals surface area contributed by atoms with Crippen molar-refractivity contribution in [2.24, 2.45) is 0 Å². The zero-order valence-corrected chi connectivity index (χ0v) is 16.5. The topological polar surface area (TPSA) is 30.5 Å². The quantitative estimate of drug-likeness (QED) is 0.321. The molecule has 0 spiro atoms. The SMILES string of the molecule is CCCCCCCCCC(C)(C)NP(=S)(OCC)OCC. The predicted molar refractivity (Wildman–Crippen MR) is 97.4 cm³/mol. The molecule has 128 valence electrons.